The van der Waals surface area contributed by atoms with Crippen molar-refractivity contribution in [2.75, 3.05) is 13.7 Å². The van der Waals surface area contributed by atoms with E-state index < -0.39 is 5.97 Å². The first-order chi connectivity index (χ1) is 9.04. The van der Waals surface area contributed by atoms with Gasteiger partial charge in [-0.3, -0.25) is 4.99 Å². The fourth-order valence-electron chi connectivity index (χ4n) is 1.49. The minimum atomic E-state index is -0.542. The maximum atomic E-state index is 11.0. The second-order valence-electron chi connectivity index (χ2n) is 4.39. The molecule has 1 fully saturated rings. The highest BCUT2D eigenvalue weighted by Gasteiger charge is 2.12. The highest BCUT2D eigenvalue weighted by molar-refractivity contribution is 6.00. The highest BCUT2D eigenvalue weighted by atomic mass is 16.5. The molecule has 1 heterocycles. The molecule has 5 heteroatoms. The molecule has 19 heavy (non-hydrogen) atoms. The van der Waals surface area contributed by atoms with Crippen molar-refractivity contribution in [3.05, 3.63) is 11.8 Å². The molecule has 0 radical (unpaired) electrons. The molecular formula is C14H26N2O3. The van der Waals surface area contributed by atoms with Gasteiger partial charge in [-0.2, -0.15) is 0 Å². The largest absolute Gasteiger partial charge is 0.464 e. The van der Waals surface area contributed by atoms with E-state index in [4.69, 9.17) is 10.5 Å². The van der Waals surface area contributed by atoms with Crippen molar-refractivity contribution in [3.63, 3.8) is 0 Å². The van der Waals surface area contributed by atoms with Crippen molar-refractivity contribution in [1.82, 2.24) is 0 Å². The van der Waals surface area contributed by atoms with Gasteiger partial charge in [0, 0.05) is 12.3 Å². The van der Waals surface area contributed by atoms with Crippen molar-refractivity contribution < 1.29 is 14.3 Å². The quantitative estimate of drug-likeness (QED) is 0.485. The molecule has 0 spiro atoms. The number of carbonyl (C=O) groups is 1. The summed E-state index contributed by atoms with van der Waals surface area (Å²) >= 11 is 0. The molecule has 1 unspecified atom stereocenters. The topological polar surface area (TPSA) is 73.9 Å². The third-order valence-electron chi connectivity index (χ3n) is 2.29. The molecule has 1 atom stereocenters. The summed E-state index contributed by atoms with van der Waals surface area (Å²) in [4.78, 5) is 15.4. The molecule has 1 aliphatic heterocycles. The molecule has 0 saturated carbocycles. The zero-order valence-corrected chi connectivity index (χ0v) is 12.4. The Morgan fingerprint density at radius 2 is 2.11 bits per heavy atom. The summed E-state index contributed by atoms with van der Waals surface area (Å²) < 4.78 is 9.93. The van der Waals surface area contributed by atoms with Crippen LogP contribution in [0.4, 0.5) is 0 Å². The number of methoxy groups -OCH3 is 1. The summed E-state index contributed by atoms with van der Waals surface area (Å²) in [7, 11) is 1.29. The lowest BCUT2D eigenvalue weighted by molar-refractivity contribution is -0.136. The van der Waals surface area contributed by atoms with E-state index in [9.17, 15) is 4.79 Å². The number of aliphatic imine (C=N–C) groups is 1. The van der Waals surface area contributed by atoms with E-state index in [1.54, 1.807) is 6.92 Å². The van der Waals surface area contributed by atoms with Gasteiger partial charge in [-0.1, -0.05) is 20.3 Å². The molecule has 110 valence electrons. The zero-order valence-electron chi connectivity index (χ0n) is 12.4. The lowest BCUT2D eigenvalue weighted by Gasteiger charge is -2.19. The van der Waals surface area contributed by atoms with Gasteiger partial charge < -0.3 is 15.2 Å². The van der Waals surface area contributed by atoms with Crippen LogP contribution in [0.25, 0.3) is 0 Å². The minimum absolute atomic E-state index is 0.0551. The molecule has 1 saturated heterocycles. The van der Waals surface area contributed by atoms with Crippen molar-refractivity contribution >= 4 is 11.7 Å². The van der Waals surface area contributed by atoms with Crippen LogP contribution < -0.4 is 5.73 Å². The summed E-state index contributed by atoms with van der Waals surface area (Å²) in [5.41, 5.74) is 6.23. The predicted octanol–water partition coefficient (Wildman–Crippen LogP) is 2.41. The molecule has 0 amide bonds. The van der Waals surface area contributed by atoms with Gasteiger partial charge in [0.2, 0.25) is 0 Å². The average Bonchev–Trinajstić information content (AvgIpc) is 2.39. The third-order valence-corrected chi connectivity index (χ3v) is 2.29. The molecule has 0 aliphatic carbocycles. The van der Waals surface area contributed by atoms with Crippen molar-refractivity contribution in [2.24, 2.45) is 10.7 Å². The minimum Gasteiger partial charge on any atom is -0.464 e. The fraction of sp³-hybridized carbons (Fsp3) is 0.714. The Kier molecular flexibility index (Phi) is 9.80. The van der Waals surface area contributed by atoms with E-state index in [1.165, 1.54) is 19.6 Å². The number of rotatable bonds is 3. The number of nitrogens with zero attached hydrogens (tertiary/aromatic N) is 1. The first kappa shape index (κ1) is 17.6. The van der Waals surface area contributed by atoms with E-state index in [-0.39, 0.29) is 11.9 Å². The van der Waals surface area contributed by atoms with Gasteiger partial charge in [0.25, 0.3) is 0 Å². The van der Waals surface area contributed by atoms with Crippen LogP contribution in [0.15, 0.2) is 16.8 Å². The van der Waals surface area contributed by atoms with E-state index >= 15 is 0 Å². The lowest BCUT2D eigenvalue weighted by atomic mass is 10.2. The monoisotopic (exact) mass is 270 g/mol. The maximum absolute atomic E-state index is 11.0. The van der Waals surface area contributed by atoms with Crippen molar-refractivity contribution in [1.29, 1.82) is 0 Å². The molecule has 1 rings (SSSR count). The van der Waals surface area contributed by atoms with E-state index in [1.807, 2.05) is 0 Å². The Balaban J connectivity index is 0.000000982. The van der Waals surface area contributed by atoms with Crippen LogP contribution in [-0.4, -0.2) is 31.6 Å². The number of hydrogen-bond donors (Lipinski definition) is 1. The van der Waals surface area contributed by atoms with Gasteiger partial charge in [-0.05, 0) is 32.3 Å². The van der Waals surface area contributed by atoms with Crippen LogP contribution >= 0.6 is 0 Å². The number of esters is 1. The Labute approximate surface area is 115 Å². The van der Waals surface area contributed by atoms with E-state index in [0.29, 0.717) is 5.71 Å². The Morgan fingerprint density at radius 3 is 2.58 bits per heavy atom. The maximum Gasteiger partial charge on any atom is 0.353 e. The second-order valence-corrected chi connectivity index (χ2v) is 4.39. The van der Waals surface area contributed by atoms with Crippen molar-refractivity contribution in [3.8, 4) is 0 Å². The molecular weight excluding hydrogens is 244 g/mol. The lowest BCUT2D eigenvalue weighted by Crippen LogP contribution is -2.19. The number of carbonyl (C=O) groups excluding carboxylic acids is 1. The molecule has 0 bridgehead atoms. The smallest absolute Gasteiger partial charge is 0.353 e. The number of nitrogens with two attached hydrogens (primary N) is 1. The summed E-state index contributed by atoms with van der Waals surface area (Å²) in [5.74, 6) is -0.542. The van der Waals surface area contributed by atoms with Gasteiger partial charge in [0.1, 0.15) is 11.9 Å². The summed E-state index contributed by atoms with van der Waals surface area (Å²) in [5, 5.41) is 0. The second kappa shape index (κ2) is 10.6. The molecule has 5 nitrogen and oxygen atoms in total. The first-order valence-corrected chi connectivity index (χ1v) is 6.76. The van der Waals surface area contributed by atoms with Crippen LogP contribution in [0.3, 0.4) is 0 Å². The summed E-state index contributed by atoms with van der Waals surface area (Å²) in [6.07, 6.45) is 5.78. The standard InChI is InChI=1S/C11H18N2O3.C3H8/c1-8(7-9(12)11(14)15-2)13-10-5-3-4-6-16-10;1-3-2/h7,10H,3-6,12H2,1-2H3;3H2,1-2H3/b9-7-,13-8+;. The fourth-order valence-corrected chi connectivity index (χ4v) is 1.49. The van der Waals surface area contributed by atoms with Crippen LogP contribution in [0.1, 0.15) is 46.5 Å². The Morgan fingerprint density at radius 1 is 1.47 bits per heavy atom. The number of ether oxygens (including phenoxy) is 2. The molecule has 0 aromatic carbocycles. The van der Waals surface area contributed by atoms with E-state index in [2.05, 4.69) is 23.6 Å². The summed E-state index contributed by atoms with van der Waals surface area (Å²) in [6.45, 7) is 6.78. The van der Waals surface area contributed by atoms with Crippen molar-refractivity contribution in [2.45, 2.75) is 52.7 Å². The zero-order chi connectivity index (χ0) is 14.7. The van der Waals surface area contributed by atoms with Gasteiger partial charge in [-0.25, -0.2) is 4.79 Å². The SMILES string of the molecule is CCC.COC(=O)/C(N)=C/C(C)=N/C1CCCCO1. The van der Waals surface area contributed by atoms with Gasteiger partial charge in [0.05, 0.1) is 7.11 Å². The number of allylic oxidation sites excluding steroid dienone is 1. The van der Waals surface area contributed by atoms with Crippen LogP contribution in [0.2, 0.25) is 0 Å². The summed E-state index contributed by atoms with van der Waals surface area (Å²) in [6, 6.07) is 0. The van der Waals surface area contributed by atoms with Gasteiger partial charge in [0.15, 0.2) is 0 Å². The van der Waals surface area contributed by atoms with Crippen LogP contribution in [-0.2, 0) is 14.3 Å². The number of hydrogen-bond acceptors (Lipinski definition) is 5. The average molecular weight is 270 g/mol. The predicted molar refractivity (Wildman–Crippen MR) is 77.0 cm³/mol. The third kappa shape index (κ3) is 8.37. The molecule has 1 aliphatic rings. The Bertz CT molecular complexity index is 319. The van der Waals surface area contributed by atoms with E-state index in [0.717, 1.165) is 25.9 Å². The van der Waals surface area contributed by atoms with Crippen LogP contribution in [0, 0.1) is 0 Å². The molecule has 0 aromatic heterocycles. The molecule has 2 N–H and O–H groups in total. The van der Waals surface area contributed by atoms with Crippen LogP contribution in [0.5, 0.6) is 0 Å². The van der Waals surface area contributed by atoms with Gasteiger partial charge >= 0.3 is 5.97 Å². The normalized spacial score (nSPS) is 20.3. The van der Waals surface area contributed by atoms with Gasteiger partial charge in [-0.15, -0.1) is 0 Å². The first-order valence-electron chi connectivity index (χ1n) is 6.76. The highest BCUT2D eigenvalue weighted by Crippen LogP contribution is 2.13. The molecule has 0 aromatic rings. The Hall–Kier alpha value is -1.36.